The van der Waals surface area contributed by atoms with Gasteiger partial charge in [0.25, 0.3) is 0 Å². The molecule has 0 unspecified atom stereocenters. The first-order valence-corrected chi connectivity index (χ1v) is 15.0. The first kappa shape index (κ1) is 15.7. The third kappa shape index (κ3) is 6.37. The molecule has 0 heterocycles. The van der Waals surface area contributed by atoms with Gasteiger partial charge in [-0.05, 0) is 0 Å². The second-order valence-electron chi connectivity index (χ2n) is 5.12. The average Bonchev–Trinajstić information content (AvgIpc) is 1.59. The van der Waals surface area contributed by atoms with Gasteiger partial charge in [-0.3, -0.25) is 7.83 Å². The van der Waals surface area contributed by atoms with E-state index >= 15 is 0 Å². The molecule has 0 aliphatic heterocycles. The van der Waals surface area contributed by atoms with Gasteiger partial charge in [0.2, 0.25) is 0 Å². The third-order valence-corrected chi connectivity index (χ3v) is 33.8. The van der Waals surface area contributed by atoms with Crippen LogP contribution in [0.25, 0.3) is 0 Å². The van der Waals surface area contributed by atoms with E-state index in [-0.39, 0.29) is 59.2 Å². The maximum Gasteiger partial charge on any atom is 1.00 e. The molecule has 0 nitrogen and oxygen atoms in total. The van der Waals surface area contributed by atoms with Crippen molar-refractivity contribution in [2.75, 3.05) is 0 Å². The van der Waals surface area contributed by atoms with Crippen molar-refractivity contribution >= 4 is 23.0 Å². The van der Waals surface area contributed by atoms with E-state index in [0.717, 1.165) is 0 Å². The number of hydrogen-bond acceptors (Lipinski definition) is 0. The molecule has 0 aliphatic rings. The maximum absolute atomic E-state index is 2.56. The van der Waals surface area contributed by atoms with E-state index in [1.54, 1.807) is 0 Å². The molecule has 0 aromatic rings. The standard InChI is InChI=1S/C7H21Si3.K/c1-8(9(2,3)4)10(5,6)7;/h1-7H3;/q-1;+1. The Balaban J connectivity index is 0. The van der Waals surface area contributed by atoms with Crippen molar-refractivity contribution in [3.05, 3.63) is 0 Å². The molecule has 4 heteroatoms. The third-order valence-electron chi connectivity index (χ3n) is 2.25. The molecule has 0 bridgehead atoms. The van der Waals surface area contributed by atoms with Crippen LogP contribution >= 0.6 is 0 Å². The first-order chi connectivity index (χ1) is 4.15. The van der Waals surface area contributed by atoms with Crippen LogP contribution < -0.4 is 51.4 Å². The smallest absolute Gasteiger partial charge is 0.258 e. The molecule has 62 valence electrons. The van der Waals surface area contributed by atoms with Gasteiger partial charge in [0.1, 0.15) is 0 Å². The van der Waals surface area contributed by atoms with Crippen molar-refractivity contribution in [2.45, 2.75) is 45.8 Å². The van der Waals surface area contributed by atoms with E-state index in [0.29, 0.717) is 0 Å². The molecule has 0 fully saturated rings. The molecule has 0 amide bonds. The monoisotopic (exact) mass is 228 g/mol. The Morgan fingerprint density at radius 1 is 0.727 bits per heavy atom. The van der Waals surface area contributed by atoms with Crippen LogP contribution in [0.3, 0.4) is 0 Å². The average molecular weight is 229 g/mol. The summed E-state index contributed by atoms with van der Waals surface area (Å²) in [6, 6.07) is 0. The minimum absolute atomic E-state index is 0. The second-order valence-corrected chi connectivity index (χ2v) is 30.4. The summed E-state index contributed by atoms with van der Waals surface area (Å²) in [6.07, 6.45) is 0. The van der Waals surface area contributed by atoms with Crippen LogP contribution in [-0.4, -0.2) is 23.0 Å². The van der Waals surface area contributed by atoms with Crippen molar-refractivity contribution < 1.29 is 51.4 Å². The topological polar surface area (TPSA) is 0 Å². The summed E-state index contributed by atoms with van der Waals surface area (Å²) in [5, 5.41) is 0. The molecule has 0 spiro atoms. The fourth-order valence-corrected chi connectivity index (χ4v) is 30.4. The largest absolute Gasteiger partial charge is 1.00 e. The molecular weight excluding hydrogens is 207 g/mol. The number of rotatable bonds is 2. The Morgan fingerprint density at radius 3 is 0.909 bits per heavy atom. The zero-order chi connectivity index (χ0) is 8.58. The summed E-state index contributed by atoms with van der Waals surface area (Å²) in [7, 11) is -1.41. The van der Waals surface area contributed by atoms with E-state index < -0.39 is 15.2 Å². The van der Waals surface area contributed by atoms with Crippen LogP contribution in [0.5, 0.6) is 0 Å². The Morgan fingerprint density at radius 2 is 0.909 bits per heavy atom. The predicted molar refractivity (Wildman–Crippen MR) is 58.3 cm³/mol. The molecule has 0 rings (SSSR count). The summed E-state index contributed by atoms with van der Waals surface area (Å²) >= 11 is 0. The molecule has 0 aromatic heterocycles. The molecule has 0 saturated heterocycles. The van der Waals surface area contributed by atoms with Gasteiger partial charge in [-0.15, -0.1) is 15.2 Å². The molecule has 0 aromatic carbocycles. The second kappa shape index (κ2) is 5.24. The predicted octanol–water partition coefficient (Wildman–Crippen LogP) is -0.0518. The van der Waals surface area contributed by atoms with Crippen LogP contribution in [0.15, 0.2) is 0 Å². The van der Waals surface area contributed by atoms with Gasteiger partial charge < -0.3 is 0 Å². The number of hydrogen-bond donors (Lipinski definition) is 0. The van der Waals surface area contributed by atoms with E-state index in [9.17, 15) is 0 Å². The zero-order valence-corrected chi connectivity index (χ0v) is 15.6. The summed E-state index contributed by atoms with van der Waals surface area (Å²) in [5.74, 6) is 0. The van der Waals surface area contributed by atoms with Gasteiger partial charge in [0.05, 0.1) is 0 Å². The van der Waals surface area contributed by atoms with E-state index in [1.165, 1.54) is 0 Å². The van der Waals surface area contributed by atoms with Crippen LogP contribution in [0.4, 0.5) is 0 Å². The fourth-order valence-electron chi connectivity index (χ4n) is 1.12. The Labute approximate surface area is 118 Å². The molecule has 11 heavy (non-hydrogen) atoms. The quantitative estimate of drug-likeness (QED) is 0.582. The summed E-state index contributed by atoms with van der Waals surface area (Å²) in [6.45, 7) is 17.7. The molecule has 0 radical (unpaired) electrons. The van der Waals surface area contributed by atoms with Crippen molar-refractivity contribution in [2.24, 2.45) is 0 Å². The fraction of sp³-hybridized carbons (Fsp3) is 1.00. The van der Waals surface area contributed by atoms with Crippen LogP contribution in [0.2, 0.25) is 45.8 Å². The van der Waals surface area contributed by atoms with Crippen LogP contribution in [-0.2, 0) is 0 Å². The Bertz CT molecular complexity index is 97.8. The van der Waals surface area contributed by atoms with Gasteiger partial charge >= 0.3 is 51.4 Å². The van der Waals surface area contributed by atoms with Crippen molar-refractivity contribution in [3.8, 4) is 0 Å². The molecular formula is C7H21KSi3. The SMILES string of the molecule is C[Si-]([Si](C)(C)C)[Si](C)(C)C.[K+]. The van der Waals surface area contributed by atoms with Crippen molar-refractivity contribution in [1.82, 2.24) is 0 Å². The van der Waals surface area contributed by atoms with Gasteiger partial charge in [-0.25, -0.2) is 0 Å². The van der Waals surface area contributed by atoms with Gasteiger partial charge in [0, 0.05) is 0 Å². The van der Waals surface area contributed by atoms with Crippen LogP contribution in [0.1, 0.15) is 0 Å². The van der Waals surface area contributed by atoms with Crippen molar-refractivity contribution in [1.29, 1.82) is 0 Å². The van der Waals surface area contributed by atoms with Gasteiger partial charge in [0.15, 0.2) is 0 Å². The Hall–Kier alpha value is 2.29. The molecule has 0 N–H and O–H groups in total. The normalized spacial score (nSPS) is 13.1. The maximum atomic E-state index is 2.56. The minimum atomic E-state index is -0.732. The molecule has 0 aliphatic carbocycles. The molecule has 0 saturated carbocycles. The summed E-state index contributed by atoms with van der Waals surface area (Å²) < 4.78 is 0. The van der Waals surface area contributed by atoms with E-state index in [2.05, 4.69) is 45.8 Å². The zero-order valence-electron chi connectivity index (χ0n) is 9.50. The summed E-state index contributed by atoms with van der Waals surface area (Å²) in [4.78, 5) is 0. The van der Waals surface area contributed by atoms with E-state index in [1.807, 2.05) is 0 Å². The minimum Gasteiger partial charge on any atom is -0.258 e. The Kier molecular flexibility index (Phi) is 7.50. The van der Waals surface area contributed by atoms with Gasteiger partial charge in [-0.1, -0.05) is 39.3 Å². The molecule has 0 atom stereocenters. The first-order valence-electron chi connectivity index (χ1n) is 4.00. The van der Waals surface area contributed by atoms with E-state index in [4.69, 9.17) is 0 Å². The van der Waals surface area contributed by atoms with Crippen molar-refractivity contribution in [3.63, 3.8) is 0 Å². The van der Waals surface area contributed by atoms with Gasteiger partial charge in [-0.2, -0.15) is 6.55 Å². The summed E-state index contributed by atoms with van der Waals surface area (Å²) in [5.41, 5.74) is 0. The van der Waals surface area contributed by atoms with Crippen LogP contribution in [0, 0.1) is 0 Å².